The fraction of sp³-hybridized carbons (Fsp3) is 0.429. The zero-order valence-electron chi connectivity index (χ0n) is 6.58. The summed E-state index contributed by atoms with van der Waals surface area (Å²) in [7, 11) is 0. The Labute approximate surface area is 74.3 Å². The van der Waals surface area contributed by atoms with Crippen molar-refractivity contribution >= 4 is 17.6 Å². The first kappa shape index (κ1) is 7.67. The molecule has 0 unspecified atom stereocenters. The Bertz CT molecular complexity index is 357. The number of hydrogen-bond donors (Lipinski definition) is 2. The molecule has 1 aliphatic heterocycles. The average Bonchev–Trinajstić information content (AvgIpc) is 2.04. The van der Waals surface area contributed by atoms with Gasteiger partial charge in [-0.15, -0.1) is 0 Å². The van der Waals surface area contributed by atoms with Crippen LogP contribution in [0.25, 0.3) is 0 Å². The number of nitrogens with zero attached hydrogens (tertiary/aromatic N) is 2. The fourth-order valence-corrected chi connectivity index (χ4v) is 2.21. The Balaban J connectivity index is 2.60. The maximum atomic E-state index is 7.62. The summed E-state index contributed by atoms with van der Waals surface area (Å²) in [6.45, 7) is 0.897. The van der Waals surface area contributed by atoms with Crippen molar-refractivity contribution in [3.05, 3.63) is 11.6 Å². The molecule has 0 amide bonds. The van der Waals surface area contributed by atoms with Crippen LogP contribution in [0.2, 0.25) is 0 Å². The van der Waals surface area contributed by atoms with Crippen molar-refractivity contribution in [2.24, 2.45) is 0 Å². The normalized spacial score (nSPS) is 15.7. The van der Waals surface area contributed by atoms with E-state index in [0.717, 1.165) is 23.9 Å². The van der Waals surface area contributed by atoms with Crippen LogP contribution in [0.1, 0.15) is 6.42 Å². The summed E-state index contributed by atoms with van der Waals surface area (Å²) in [6.07, 6.45) is 1.11. The lowest BCUT2D eigenvalue weighted by atomic mass is 10.4. The maximum Gasteiger partial charge on any atom is 0.171 e. The molecule has 0 spiro atoms. The molecule has 0 saturated heterocycles. The van der Waals surface area contributed by atoms with Gasteiger partial charge in [-0.25, -0.2) is 4.98 Å². The molecule has 4 nitrogen and oxygen atoms in total. The molecule has 0 saturated carbocycles. The van der Waals surface area contributed by atoms with Crippen LogP contribution in [0.3, 0.4) is 0 Å². The molecule has 0 fully saturated rings. The van der Waals surface area contributed by atoms with E-state index in [1.54, 1.807) is 17.8 Å². The highest BCUT2D eigenvalue weighted by Gasteiger charge is 2.10. The Hall–Kier alpha value is -0.970. The lowest BCUT2D eigenvalue weighted by Crippen LogP contribution is -2.26. The highest BCUT2D eigenvalue weighted by Crippen LogP contribution is 2.20. The third-order valence-corrected chi connectivity index (χ3v) is 2.85. The lowest BCUT2D eigenvalue weighted by molar-refractivity contribution is 0.551. The Kier molecular flexibility index (Phi) is 1.80. The molecule has 0 radical (unpaired) electrons. The third-order valence-electron chi connectivity index (χ3n) is 1.79. The standard InChI is InChI=1S/C7H10N4S/c8-5-4-6(9)11-2-1-3-12-7(11)10-5/h4,9H,1-3,8H2. The summed E-state index contributed by atoms with van der Waals surface area (Å²) in [5.41, 5.74) is 5.99. The van der Waals surface area contributed by atoms with Crippen molar-refractivity contribution in [3.8, 4) is 0 Å². The Morgan fingerprint density at radius 1 is 1.67 bits per heavy atom. The van der Waals surface area contributed by atoms with Crippen molar-refractivity contribution in [2.75, 3.05) is 11.5 Å². The minimum atomic E-state index is 0.445. The lowest BCUT2D eigenvalue weighted by Gasteiger charge is -2.17. The van der Waals surface area contributed by atoms with Crippen LogP contribution in [0.4, 0.5) is 5.82 Å². The van der Waals surface area contributed by atoms with E-state index in [-0.39, 0.29) is 0 Å². The van der Waals surface area contributed by atoms with Crippen molar-refractivity contribution < 1.29 is 0 Å². The average molecular weight is 182 g/mol. The summed E-state index contributed by atoms with van der Waals surface area (Å²) in [4.78, 5) is 4.16. The maximum absolute atomic E-state index is 7.62. The second-order valence-electron chi connectivity index (χ2n) is 2.70. The molecule has 0 aliphatic carbocycles. The molecule has 64 valence electrons. The molecule has 2 rings (SSSR count). The molecule has 0 atom stereocenters. The number of fused-ring (bicyclic) bond motifs is 1. The summed E-state index contributed by atoms with van der Waals surface area (Å²) in [6, 6.07) is 1.59. The van der Waals surface area contributed by atoms with Gasteiger partial charge in [-0.3, -0.25) is 5.41 Å². The predicted octanol–water partition coefficient (Wildman–Crippen LogP) is 0.441. The first-order chi connectivity index (χ1) is 5.77. The van der Waals surface area contributed by atoms with Gasteiger partial charge in [0.1, 0.15) is 11.3 Å². The van der Waals surface area contributed by atoms with E-state index in [2.05, 4.69) is 4.98 Å². The highest BCUT2D eigenvalue weighted by molar-refractivity contribution is 7.99. The highest BCUT2D eigenvalue weighted by atomic mass is 32.2. The van der Waals surface area contributed by atoms with Crippen LogP contribution in [0.5, 0.6) is 0 Å². The quantitative estimate of drug-likeness (QED) is 0.572. The number of rotatable bonds is 0. The van der Waals surface area contributed by atoms with E-state index in [0.29, 0.717) is 11.3 Å². The third kappa shape index (κ3) is 1.20. The smallest absolute Gasteiger partial charge is 0.171 e. The molecule has 1 aromatic rings. The van der Waals surface area contributed by atoms with E-state index in [1.165, 1.54) is 0 Å². The van der Waals surface area contributed by atoms with E-state index < -0.39 is 0 Å². The van der Waals surface area contributed by atoms with Crippen LogP contribution < -0.4 is 11.2 Å². The molecule has 2 heterocycles. The zero-order valence-corrected chi connectivity index (χ0v) is 7.40. The van der Waals surface area contributed by atoms with Crippen molar-refractivity contribution in [1.82, 2.24) is 9.55 Å². The number of aromatic nitrogens is 2. The molecule has 0 aromatic carbocycles. The van der Waals surface area contributed by atoms with Gasteiger partial charge < -0.3 is 10.3 Å². The number of hydrogen-bond acceptors (Lipinski definition) is 4. The Morgan fingerprint density at radius 2 is 2.50 bits per heavy atom. The van der Waals surface area contributed by atoms with Gasteiger partial charge in [-0.05, 0) is 6.42 Å². The molecule has 1 aliphatic rings. The molecule has 5 heteroatoms. The zero-order chi connectivity index (χ0) is 8.55. The number of nitrogen functional groups attached to an aromatic ring is 1. The number of anilines is 1. The van der Waals surface area contributed by atoms with Crippen LogP contribution in [-0.2, 0) is 6.54 Å². The number of nitrogens with one attached hydrogen (secondary N) is 1. The Morgan fingerprint density at radius 3 is 3.33 bits per heavy atom. The monoisotopic (exact) mass is 182 g/mol. The molecular weight excluding hydrogens is 172 g/mol. The van der Waals surface area contributed by atoms with Gasteiger partial charge in [-0.1, -0.05) is 11.8 Å². The SMILES string of the molecule is N=c1cc(N)nc2n1CCCS2. The fourth-order valence-electron chi connectivity index (χ4n) is 1.24. The van der Waals surface area contributed by atoms with Gasteiger partial charge >= 0.3 is 0 Å². The minimum absolute atomic E-state index is 0.445. The summed E-state index contributed by atoms with van der Waals surface area (Å²) >= 11 is 1.67. The van der Waals surface area contributed by atoms with E-state index in [1.807, 2.05) is 4.57 Å². The van der Waals surface area contributed by atoms with Gasteiger partial charge in [0.2, 0.25) is 0 Å². The first-order valence-electron chi connectivity index (χ1n) is 3.82. The van der Waals surface area contributed by atoms with Gasteiger partial charge in [0.15, 0.2) is 5.16 Å². The van der Waals surface area contributed by atoms with Crippen LogP contribution in [-0.4, -0.2) is 15.3 Å². The van der Waals surface area contributed by atoms with Gasteiger partial charge in [0.05, 0.1) is 0 Å². The molecule has 1 aromatic heterocycles. The summed E-state index contributed by atoms with van der Waals surface area (Å²) < 4.78 is 1.89. The topological polar surface area (TPSA) is 67.7 Å². The summed E-state index contributed by atoms with van der Waals surface area (Å²) in [5.74, 6) is 1.52. The van der Waals surface area contributed by atoms with Crippen molar-refractivity contribution in [2.45, 2.75) is 18.1 Å². The van der Waals surface area contributed by atoms with Gasteiger partial charge in [-0.2, -0.15) is 0 Å². The van der Waals surface area contributed by atoms with E-state index in [9.17, 15) is 0 Å². The van der Waals surface area contributed by atoms with Crippen LogP contribution >= 0.6 is 11.8 Å². The second-order valence-corrected chi connectivity index (χ2v) is 3.76. The molecule has 3 N–H and O–H groups in total. The van der Waals surface area contributed by atoms with E-state index >= 15 is 0 Å². The molecular formula is C7H10N4S. The van der Waals surface area contributed by atoms with Crippen LogP contribution in [0, 0.1) is 5.41 Å². The predicted molar refractivity (Wildman–Crippen MR) is 47.8 cm³/mol. The molecule has 0 bridgehead atoms. The number of thioether (sulfide) groups is 1. The first-order valence-corrected chi connectivity index (χ1v) is 4.81. The number of nitrogens with two attached hydrogens (primary N) is 1. The molecule has 12 heavy (non-hydrogen) atoms. The van der Waals surface area contributed by atoms with E-state index in [4.69, 9.17) is 11.1 Å². The second kappa shape index (κ2) is 2.82. The largest absolute Gasteiger partial charge is 0.383 e. The summed E-state index contributed by atoms with van der Waals surface area (Å²) in [5, 5.41) is 8.50. The van der Waals surface area contributed by atoms with Crippen LogP contribution in [0.15, 0.2) is 11.2 Å². The van der Waals surface area contributed by atoms with Crippen molar-refractivity contribution in [3.63, 3.8) is 0 Å². The van der Waals surface area contributed by atoms with Gasteiger partial charge in [0, 0.05) is 18.4 Å². The van der Waals surface area contributed by atoms with Crippen molar-refractivity contribution in [1.29, 1.82) is 5.41 Å². The minimum Gasteiger partial charge on any atom is -0.383 e. The van der Waals surface area contributed by atoms with Gasteiger partial charge in [0.25, 0.3) is 0 Å².